The van der Waals surface area contributed by atoms with Crippen molar-refractivity contribution in [3.63, 3.8) is 0 Å². The van der Waals surface area contributed by atoms with Gasteiger partial charge in [-0.15, -0.1) is 0 Å². The second-order valence-corrected chi connectivity index (χ2v) is 9.60. The summed E-state index contributed by atoms with van der Waals surface area (Å²) < 4.78 is 5.19. The van der Waals surface area contributed by atoms with Gasteiger partial charge in [0.15, 0.2) is 0 Å². The van der Waals surface area contributed by atoms with Crippen LogP contribution in [-0.4, -0.2) is 80.8 Å². The molecule has 1 aromatic rings. The molecule has 0 aromatic heterocycles. The van der Waals surface area contributed by atoms with Crippen molar-refractivity contribution < 1.29 is 4.74 Å². The van der Waals surface area contributed by atoms with E-state index in [1.807, 2.05) is 0 Å². The molecule has 0 saturated carbocycles. The Bertz CT molecular complexity index is 570. The Morgan fingerprint density at radius 1 is 1.11 bits per heavy atom. The zero-order valence-corrected chi connectivity index (χ0v) is 18.6. The predicted octanol–water partition coefficient (Wildman–Crippen LogP) is 3.58. The molecular weight excluding hydrogens is 346 g/mol. The number of ether oxygens (including phenoxy) is 1. The van der Waals surface area contributed by atoms with Crippen LogP contribution >= 0.6 is 0 Å². The maximum absolute atomic E-state index is 5.19. The van der Waals surface area contributed by atoms with Gasteiger partial charge in [-0.2, -0.15) is 0 Å². The van der Waals surface area contributed by atoms with Gasteiger partial charge in [0.1, 0.15) is 0 Å². The van der Waals surface area contributed by atoms with Gasteiger partial charge in [-0.05, 0) is 50.9 Å². The summed E-state index contributed by atoms with van der Waals surface area (Å²) in [7, 11) is 3.99. The Balaban J connectivity index is 1.41. The minimum absolute atomic E-state index is 0.567. The van der Waals surface area contributed by atoms with E-state index in [0.717, 1.165) is 31.7 Å². The number of rotatable bonds is 11. The molecule has 0 aliphatic carbocycles. The summed E-state index contributed by atoms with van der Waals surface area (Å²) in [5.74, 6) is 0.739. The fraction of sp³-hybridized carbons (Fsp3) is 0.750. The molecule has 0 N–H and O–H groups in total. The second-order valence-electron chi connectivity index (χ2n) is 9.60. The molecule has 2 fully saturated rings. The van der Waals surface area contributed by atoms with Crippen molar-refractivity contribution >= 4 is 0 Å². The first-order valence-corrected chi connectivity index (χ1v) is 11.2. The molecule has 0 radical (unpaired) electrons. The van der Waals surface area contributed by atoms with Crippen LogP contribution < -0.4 is 0 Å². The highest BCUT2D eigenvalue weighted by atomic mass is 16.5. The number of methoxy groups -OCH3 is 1. The lowest BCUT2D eigenvalue weighted by Gasteiger charge is -2.53. The molecule has 1 aromatic carbocycles. The standard InChI is InChI=1S/C24H41N3O/c1-21(2)23(11-8-13-25(3)15-16-28-4)27-19-24(20-27)12-14-26(18-24)17-22-9-6-5-7-10-22/h5-7,9-10,21,23H,8,11-20H2,1-4H3/t23-/m1/s1. The summed E-state index contributed by atoms with van der Waals surface area (Å²) in [5, 5.41) is 0. The van der Waals surface area contributed by atoms with Crippen molar-refractivity contribution in [3.05, 3.63) is 35.9 Å². The first-order valence-electron chi connectivity index (χ1n) is 11.2. The molecule has 0 amide bonds. The molecule has 28 heavy (non-hydrogen) atoms. The molecule has 2 aliphatic heterocycles. The number of nitrogens with zero attached hydrogens (tertiary/aromatic N) is 3. The molecular formula is C24H41N3O. The van der Waals surface area contributed by atoms with Gasteiger partial charge in [-0.25, -0.2) is 0 Å². The average Bonchev–Trinajstić information content (AvgIpc) is 3.07. The van der Waals surface area contributed by atoms with Gasteiger partial charge in [-0.3, -0.25) is 9.80 Å². The van der Waals surface area contributed by atoms with Gasteiger partial charge in [-0.1, -0.05) is 44.2 Å². The molecule has 0 unspecified atom stereocenters. The summed E-state index contributed by atoms with van der Waals surface area (Å²) in [6.07, 6.45) is 3.98. The van der Waals surface area contributed by atoms with Crippen molar-refractivity contribution in [1.29, 1.82) is 0 Å². The summed E-state index contributed by atoms with van der Waals surface area (Å²) >= 11 is 0. The minimum Gasteiger partial charge on any atom is -0.383 e. The Kier molecular flexibility index (Phi) is 7.93. The van der Waals surface area contributed by atoms with Crippen LogP contribution in [-0.2, 0) is 11.3 Å². The summed E-state index contributed by atoms with van der Waals surface area (Å²) in [5.41, 5.74) is 2.02. The van der Waals surface area contributed by atoms with Crippen LogP contribution in [0.5, 0.6) is 0 Å². The summed E-state index contributed by atoms with van der Waals surface area (Å²) in [6.45, 7) is 14.1. The first-order chi connectivity index (χ1) is 13.5. The predicted molar refractivity (Wildman–Crippen MR) is 118 cm³/mol. The van der Waals surface area contributed by atoms with E-state index in [1.165, 1.54) is 57.5 Å². The van der Waals surface area contributed by atoms with E-state index in [4.69, 9.17) is 4.74 Å². The van der Waals surface area contributed by atoms with Crippen molar-refractivity contribution in [2.45, 2.75) is 45.7 Å². The number of hydrogen-bond acceptors (Lipinski definition) is 4. The maximum atomic E-state index is 5.19. The lowest BCUT2D eigenvalue weighted by molar-refractivity contribution is -0.0414. The Morgan fingerprint density at radius 2 is 1.86 bits per heavy atom. The molecule has 1 atom stereocenters. The van der Waals surface area contributed by atoms with E-state index < -0.39 is 0 Å². The largest absolute Gasteiger partial charge is 0.383 e. The van der Waals surface area contributed by atoms with Crippen LogP contribution in [0.25, 0.3) is 0 Å². The molecule has 0 bridgehead atoms. The highest BCUT2D eigenvalue weighted by Crippen LogP contribution is 2.42. The van der Waals surface area contributed by atoms with Crippen molar-refractivity contribution in [2.75, 3.05) is 60.0 Å². The van der Waals surface area contributed by atoms with Crippen LogP contribution in [0.2, 0.25) is 0 Å². The Labute approximate surface area is 172 Å². The Morgan fingerprint density at radius 3 is 2.54 bits per heavy atom. The molecule has 4 nitrogen and oxygen atoms in total. The van der Waals surface area contributed by atoms with Crippen molar-refractivity contribution in [3.8, 4) is 0 Å². The number of likely N-dealkylation sites (tertiary alicyclic amines) is 2. The third-order valence-electron chi connectivity index (χ3n) is 6.80. The van der Waals surface area contributed by atoms with Crippen LogP contribution in [0.3, 0.4) is 0 Å². The SMILES string of the molecule is COCCN(C)CCC[C@H](C(C)C)N1CC2(CCN(Cc3ccccc3)C2)C1. The summed E-state index contributed by atoms with van der Waals surface area (Å²) in [6, 6.07) is 11.7. The topological polar surface area (TPSA) is 19.0 Å². The molecule has 1 spiro atoms. The fourth-order valence-corrected chi connectivity index (χ4v) is 5.18. The van der Waals surface area contributed by atoms with Gasteiger partial charge in [0.25, 0.3) is 0 Å². The van der Waals surface area contributed by atoms with Gasteiger partial charge in [0, 0.05) is 51.3 Å². The lowest BCUT2D eigenvalue weighted by atomic mass is 9.76. The molecule has 2 saturated heterocycles. The molecule has 3 rings (SSSR count). The highest BCUT2D eigenvalue weighted by Gasteiger charge is 2.49. The van der Waals surface area contributed by atoms with E-state index in [0.29, 0.717) is 5.41 Å². The van der Waals surface area contributed by atoms with Gasteiger partial charge in [0.2, 0.25) is 0 Å². The second kappa shape index (κ2) is 10.2. The molecule has 4 heteroatoms. The van der Waals surface area contributed by atoms with E-state index in [1.54, 1.807) is 7.11 Å². The minimum atomic E-state index is 0.567. The lowest BCUT2D eigenvalue weighted by Crippen LogP contribution is -2.61. The smallest absolute Gasteiger partial charge is 0.0589 e. The van der Waals surface area contributed by atoms with Gasteiger partial charge < -0.3 is 9.64 Å². The Hall–Kier alpha value is -0.940. The normalized spacial score (nSPS) is 20.9. The van der Waals surface area contributed by atoms with E-state index in [2.05, 4.69) is 65.9 Å². The zero-order chi connectivity index (χ0) is 20.0. The van der Waals surface area contributed by atoms with E-state index in [9.17, 15) is 0 Å². The van der Waals surface area contributed by atoms with Crippen molar-refractivity contribution in [2.24, 2.45) is 11.3 Å². The number of likely N-dealkylation sites (N-methyl/N-ethyl adjacent to an activating group) is 1. The first kappa shape index (κ1) is 21.8. The van der Waals surface area contributed by atoms with E-state index >= 15 is 0 Å². The fourth-order valence-electron chi connectivity index (χ4n) is 5.18. The van der Waals surface area contributed by atoms with Crippen LogP contribution in [0.15, 0.2) is 30.3 Å². The van der Waals surface area contributed by atoms with Crippen LogP contribution in [0.4, 0.5) is 0 Å². The van der Waals surface area contributed by atoms with E-state index in [-0.39, 0.29) is 0 Å². The zero-order valence-electron chi connectivity index (χ0n) is 18.6. The summed E-state index contributed by atoms with van der Waals surface area (Å²) in [4.78, 5) is 7.85. The molecule has 2 aliphatic rings. The van der Waals surface area contributed by atoms with Crippen LogP contribution in [0.1, 0.15) is 38.7 Å². The van der Waals surface area contributed by atoms with Crippen LogP contribution in [0, 0.1) is 11.3 Å². The van der Waals surface area contributed by atoms with Gasteiger partial charge in [0.05, 0.1) is 6.61 Å². The van der Waals surface area contributed by atoms with Gasteiger partial charge >= 0.3 is 0 Å². The third-order valence-corrected chi connectivity index (χ3v) is 6.80. The number of benzene rings is 1. The monoisotopic (exact) mass is 387 g/mol. The maximum Gasteiger partial charge on any atom is 0.0589 e. The highest BCUT2D eigenvalue weighted by molar-refractivity contribution is 5.15. The quantitative estimate of drug-likeness (QED) is 0.578. The molecule has 158 valence electrons. The van der Waals surface area contributed by atoms with Crippen molar-refractivity contribution in [1.82, 2.24) is 14.7 Å². The molecule has 2 heterocycles. The number of hydrogen-bond donors (Lipinski definition) is 0. The third kappa shape index (κ3) is 5.79. The average molecular weight is 388 g/mol.